The van der Waals surface area contributed by atoms with Crippen LogP contribution in [0.15, 0.2) is 36.7 Å². The van der Waals surface area contributed by atoms with Gasteiger partial charge in [-0.3, -0.25) is 9.78 Å². The lowest BCUT2D eigenvalue weighted by molar-refractivity contribution is -0.115. The first-order valence-corrected chi connectivity index (χ1v) is 9.26. The van der Waals surface area contributed by atoms with Crippen molar-refractivity contribution in [1.29, 1.82) is 0 Å². The maximum Gasteiger partial charge on any atom is 0.232 e. The molecule has 6 heteroatoms. The Kier molecular flexibility index (Phi) is 4.48. The van der Waals surface area contributed by atoms with Gasteiger partial charge < -0.3 is 5.32 Å². The van der Waals surface area contributed by atoms with Gasteiger partial charge in [0.25, 0.3) is 0 Å². The summed E-state index contributed by atoms with van der Waals surface area (Å²) in [5.74, 6) is 1.83. The van der Waals surface area contributed by atoms with Crippen molar-refractivity contribution < 1.29 is 4.79 Å². The van der Waals surface area contributed by atoms with Gasteiger partial charge in [-0.2, -0.15) is 5.10 Å². The molecule has 1 amide bonds. The van der Waals surface area contributed by atoms with Gasteiger partial charge in [0, 0.05) is 24.0 Å². The highest BCUT2D eigenvalue weighted by molar-refractivity contribution is 5.92. The Bertz CT molecular complexity index is 1000. The van der Waals surface area contributed by atoms with Crippen LogP contribution in [0.1, 0.15) is 47.1 Å². The van der Waals surface area contributed by atoms with Gasteiger partial charge in [-0.15, -0.1) is 0 Å². The van der Waals surface area contributed by atoms with Crippen LogP contribution in [0.4, 0.5) is 5.69 Å². The lowest BCUT2D eigenvalue weighted by Gasteiger charge is -2.11. The molecule has 2 heterocycles. The molecular formula is C21H23N5O. The fourth-order valence-electron chi connectivity index (χ4n) is 3.11. The standard InChI is InChI=1S/C21H23N5O/c1-13-5-4-6-17(15(13)3)23-20(27)11-19-24-21(16-7-8-16)25-26(19)18-9-10-22-12-14(18)2/h4-6,9-10,12,16H,7-8,11H2,1-3H3,(H,23,27). The number of nitrogens with zero attached hydrogens (tertiary/aromatic N) is 4. The highest BCUT2D eigenvalue weighted by Gasteiger charge is 2.30. The van der Waals surface area contributed by atoms with Crippen LogP contribution >= 0.6 is 0 Å². The van der Waals surface area contributed by atoms with E-state index in [-0.39, 0.29) is 12.3 Å². The van der Waals surface area contributed by atoms with E-state index in [1.807, 2.05) is 45.0 Å². The van der Waals surface area contributed by atoms with E-state index in [0.717, 1.165) is 46.7 Å². The first-order valence-electron chi connectivity index (χ1n) is 9.26. The van der Waals surface area contributed by atoms with E-state index >= 15 is 0 Å². The van der Waals surface area contributed by atoms with Crippen molar-refractivity contribution in [2.24, 2.45) is 0 Å². The second-order valence-corrected chi connectivity index (χ2v) is 7.21. The van der Waals surface area contributed by atoms with Crippen LogP contribution < -0.4 is 5.32 Å². The smallest absolute Gasteiger partial charge is 0.232 e. The highest BCUT2D eigenvalue weighted by atomic mass is 16.1. The Labute approximate surface area is 158 Å². The summed E-state index contributed by atoms with van der Waals surface area (Å²) in [7, 11) is 0. The molecule has 1 fully saturated rings. The first kappa shape index (κ1) is 17.4. The minimum atomic E-state index is -0.0913. The number of hydrogen-bond acceptors (Lipinski definition) is 4. The third-order valence-corrected chi connectivity index (χ3v) is 5.05. The largest absolute Gasteiger partial charge is 0.325 e. The number of carbonyl (C=O) groups is 1. The van der Waals surface area contributed by atoms with Gasteiger partial charge in [0.1, 0.15) is 5.82 Å². The van der Waals surface area contributed by atoms with Crippen molar-refractivity contribution in [3.63, 3.8) is 0 Å². The normalized spacial score (nSPS) is 13.6. The monoisotopic (exact) mass is 361 g/mol. The summed E-state index contributed by atoms with van der Waals surface area (Å²) in [6.45, 7) is 6.04. The zero-order valence-electron chi connectivity index (χ0n) is 15.9. The second-order valence-electron chi connectivity index (χ2n) is 7.21. The predicted molar refractivity (Wildman–Crippen MR) is 104 cm³/mol. The number of nitrogens with one attached hydrogen (secondary N) is 1. The summed E-state index contributed by atoms with van der Waals surface area (Å²) >= 11 is 0. The van der Waals surface area contributed by atoms with E-state index in [1.54, 1.807) is 17.1 Å². The van der Waals surface area contributed by atoms with E-state index in [9.17, 15) is 4.79 Å². The maximum absolute atomic E-state index is 12.7. The maximum atomic E-state index is 12.7. The Morgan fingerprint density at radius 3 is 2.74 bits per heavy atom. The number of hydrogen-bond donors (Lipinski definition) is 1. The zero-order valence-corrected chi connectivity index (χ0v) is 15.9. The molecule has 4 rings (SSSR count). The average Bonchev–Trinajstić information content (AvgIpc) is 3.41. The SMILES string of the molecule is Cc1cnccc1-n1nc(C2CC2)nc1CC(=O)Nc1cccc(C)c1C. The topological polar surface area (TPSA) is 72.7 Å². The summed E-state index contributed by atoms with van der Waals surface area (Å²) in [5, 5.41) is 7.71. The van der Waals surface area contributed by atoms with E-state index in [0.29, 0.717) is 11.7 Å². The van der Waals surface area contributed by atoms with E-state index in [2.05, 4.69) is 15.3 Å². The summed E-state index contributed by atoms with van der Waals surface area (Å²) in [6.07, 6.45) is 5.95. The zero-order chi connectivity index (χ0) is 19.0. The number of rotatable bonds is 5. The summed E-state index contributed by atoms with van der Waals surface area (Å²) in [6, 6.07) is 7.82. The van der Waals surface area contributed by atoms with Gasteiger partial charge in [0.15, 0.2) is 5.82 Å². The van der Waals surface area contributed by atoms with Crippen molar-refractivity contribution in [1.82, 2.24) is 19.7 Å². The minimum absolute atomic E-state index is 0.0913. The third kappa shape index (κ3) is 3.60. The molecule has 0 radical (unpaired) electrons. The summed E-state index contributed by atoms with van der Waals surface area (Å²) in [5.41, 5.74) is 4.99. The van der Waals surface area contributed by atoms with E-state index in [1.165, 1.54) is 0 Å². The number of aryl methyl sites for hydroxylation is 2. The molecule has 1 aliphatic rings. The molecule has 2 aromatic heterocycles. The molecule has 27 heavy (non-hydrogen) atoms. The molecule has 1 aromatic carbocycles. The molecule has 0 spiro atoms. The molecule has 138 valence electrons. The molecule has 0 saturated heterocycles. The number of benzene rings is 1. The minimum Gasteiger partial charge on any atom is -0.325 e. The van der Waals surface area contributed by atoms with Gasteiger partial charge in [-0.05, 0) is 62.4 Å². The van der Waals surface area contributed by atoms with Gasteiger partial charge in [0.2, 0.25) is 5.91 Å². The van der Waals surface area contributed by atoms with Crippen LogP contribution in [0.25, 0.3) is 5.69 Å². The molecule has 0 atom stereocenters. The number of amides is 1. The second kappa shape index (κ2) is 6.95. The Hall–Kier alpha value is -3.02. The molecule has 6 nitrogen and oxygen atoms in total. The Balaban J connectivity index is 1.62. The predicted octanol–water partition coefficient (Wildman–Crippen LogP) is 3.65. The molecule has 0 aliphatic heterocycles. The van der Waals surface area contributed by atoms with Crippen molar-refractivity contribution in [2.75, 3.05) is 5.32 Å². The average molecular weight is 361 g/mol. The van der Waals surface area contributed by atoms with Gasteiger partial charge in [-0.1, -0.05) is 12.1 Å². The van der Waals surface area contributed by atoms with E-state index in [4.69, 9.17) is 5.10 Å². The fourth-order valence-corrected chi connectivity index (χ4v) is 3.11. The lowest BCUT2D eigenvalue weighted by Crippen LogP contribution is -2.18. The molecule has 1 aliphatic carbocycles. The highest BCUT2D eigenvalue weighted by Crippen LogP contribution is 2.38. The summed E-state index contributed by atoms with van der Waals surface area (Å²) < 4.78 is 1.80. The van der Waals surface area contributed by atoms with Crippen LogP contribution in [-0.2, 0) is 11.2 Å². The number of carbonyl (C=O) groups excluding carboxylic acids is 1. The van der Waals surface area contributed by atoms with Crippen molar-refractivity contribution in [3.05, 3.63) is 65.0 Å². The third-order valence-electron chi connectivity index (χ3n) is 5.05. The number of pyridine rings is 1. The molecular weight excluding hydrogens is 338 g/mol. The first-order chi connectivity index (χ1) is 13.0. The van der Waals surface area contributed by atoms with Crippen LogP contribution in [0.2, 0.25) is 0 Å². The quantitative estimate of drug-likeness (QED) is 0.753. The summed E-state index contributed by atoms with van der Waals surface area (Å²) in [4.78, 5) is 21.5. The molecule has 3 aromatic rings. The van der Waals surface area contributed by atoms with Crippen LogP contribution in [0, 0.1) is 20.8 Å². The molecule has 1 N–H and O–H groups in total. The van der Waals surface area contributed by atoms with E-state index < -0.39 is 0 Å². The van der Waals surface area contributed by atoms with Gasteiger partial charge >= 0.3 is 0 Å². The molecule has 0 unspecified atom stereocenters. The van der Waals surface area contributed by atoms with Crippen molar-refractivity contribution >= 4 is 11.6 Å². The van der Waals surface area contributed by atoms with Crippen LogP contribution in [0.5, 0.6) is 0 Å². The van der Waals surface area contributed by atoms with Crippen molar-refractivity contribution in [3.8, 4) is 5.69 Å². The number of anilines is 1. The Morgan fingerprint density at radius 1 is 1.19 bits per heavy atom. The molecule has 1 saturated carbocycles. The Morgan fingerprint density at radius 2 is 2.00 bits per heavy atom. The van der Waals surface area contributed by atoms with Crippen LogP contribution in [0.3, 0.4) is 0 Å². The van der Waals surface area contributed by atoms with Crippen LogP contribution in [-0.4, -0.2) is 25.7 Å². The fraction of sp³-hybridized carbons (Fsp3) is 0.333. The van der Waals surface area contributed by atoms with Crippen molar-refractivity contribution in [2.45, 2.75) is 46.0 Å². The number of aromatic nitrogens is 4. The lowest BCUT2D eigenvalue weighted by atomic mass is 10.1. The molecule has 0 bridgehead atoms. The van der Waals surface area contributed by atoms with Gasteiger partial charge in [0.05, 0.1) is 12.1 Å². The van der Waals surface area contributed by atoms with Gasteiger partial charge in [-0.25, -0.2) is 9.67 Å².